The lowest BCUT2D eigenvalue weighted by Gasteiger charge is -2.19. The zero-order valence-electron chi connectivity index (χ0n) is 14.1. The molecule has 2 aromatic heterocycles. The number of rotatable bonds is 5. The van der Waals surface area contributed by atoms with Crippen LogP contribution >= 0.6 is 11.6 Å². The largest absolute Gasteiger partial charge is 0.341 e. The van der Waals surface area contributed by atoms with Gasteiger partial charge in [-0.1, -0.05) is 29.8 Å². The van der Waals surface area contributed by atoms with Crippen LogP contribution in [0.4, 0.5) is 0 Å². The number of carbonyl (C=O) groups is 1. The Labute approximate surface area is 151 Å². The summed E-state index contributed by atoms with van der Waals surface area (Å²) in [4.78, 5) is 16.9. The van der Waals surface area contributed by atoms with Crippen LogP contribution in [0, 0.1) is 0 Å². The van der Waals surface area contributed by atoms with Crippen LogP contribution in [-0.2, 0) is 0 Å². The van der Waals surface area contributed by atoms with Gasteiger partial charge in [0.2, 0.25) is 0 Å². The van der Waals surface area contributed by atoms with E-state index in [0.717, 1.165) is 11.1 Å². The number of pyridine rings is 1. The third kappa shape index (κ3) is 4.06. The van der Waals surface area contributed by atoms with Gasteiger partial charge < -0.3 is 5.32 Å². The van der Waals surface area contributed by atoms with Crippen molar-refractivity contribution < 1.29 is 4.79 Å². The molecule has 128 valence electrons. The van der Waals surface area contributed by atoms with Crippen LogP contribution in [0.1, 0.15) is 47.4 Å². The molecule has 0 radical (unpaired) electrons. The van der Waals surface area contributed by atoms with Gasteiger partial charge >= 0.3 is 0 Å². The fraction of sp³-hybridized carbons (Fsp3) is 0.211. The van der Waals surface area contributed by atoms with Gasteiger partial charge in [0.25, 0.3) is 5.91 Å². The third-order valence-corrected chi connectivity index (χ3v) is 4.14. The molecule has 0 saturated carbocycles. The molecule has 0 fully saturated rings. The molecule has 0 aliphatic carbocycles. The summed E-state index contributed by atoms with van der Waals surface area (Å²) in [5.41, 5.74) is 2.35. The predicted octanol–water partition coefficient (Wildman–Crippen LogP) is 4.03. The van der Waals surface area contributed by atoms with Gasteiger partial charge in [-0.2, -0.15) is 5.10 Å². The van der Waals surface area contributed by atoms with Crippen molar-refractivity contribution >= 4 is 17.5 Å². The fourth-order valence-corrected chi connectivity index (χ4v) is 2.64. The molecule has 0 bridgehead atoms. The smallest absolute Gasteiger partial charge is 0.255 e. The Morgan fingerprint density at radius 1 is 1.12 bits per heavy atom. The predicted molar refractivity (Wildman–Crippen MR) is 97.6 cm³/mol. The second kappa shape index (κ2) is 7.49. The molecule has 1 atom stereocenters. The van der Waals surface area contributed by atoms with Gasteiger partial charge in [0.05, 0.1) is 17.8 Å². The van der Waals surface area contributed by atoms with E-state index in [9.17, 15) is 4.79 Å². The van der Waals surface area contributed by atoms with E-state index in [1.807, 2.05) is 50.2 Å². The quantitative estimate of drug-likeness (QED) is 0.752. The van der Waals surface area contributed by atoms with Crippen LogP contribution in [0.15, 0.2) is 61.2 Å². The van der Waals surface area contributed by atoms with E-state index in [1.54, 1.807) is 29.5 Å². The number of hydrogen-bond donors (Lipinski definition) is 1. The Balaban J connectivity index is 1.89. The van der Waals surface area contributed by atoms with E-state index in [2.05, 4.69) is 15.4 Å². The maximum Gasteiger partial charge on any atom is 0.255 e. The first-order chi connectivity index (χ1) is 12.0. The minimum Gasteiger partial charge on any atom is -0.341 e. The Morgan fingerprint density at radius 3 is 2.48 bits per heavy atom. The number of halogens is 1. The SMILES string of the molecule is CC(C)n1cc(C(=O)NC(c2ccc(Cl)cc2)c2cccnc2)cn1. The first-order valence-electron chi connectivity index (χ1n) is 8.05. The summed E-state index contributed by atoms with van der Waals surface area (Å²) in [6.07, 6.45) is 6.79. The molecule has 25 heavy (non-hydrogen) atoms. The summed E-state index contributed by atoms with van der Waals surface area (Å²) >= 11 is 5.99. The van der Waals surface area contributed by atoms with Crippen molar-refractivity contribution in [2.75, 3.05) is 0 Å². The summed E-state index contributed by atoms with van der Waals surface area (Å²) in [6, 6.07) is 11.1. The van der Waals surface area contributed by atoms with Crippen LogP contribution in [0.5, 0.6) is 0 Å². The van der Waals surface area contributed by atoms with Gasteiger partial charge in [0.1, 0.15) is 0 Å². The molecule has 2 heterocycles. The summed E-state index contributed by atoms with van der Waals surface area (Å²) in [5.74, 6) is -0.185. The van der Waals surface area contributed by atoms with E-state index >= 15 is 0 Å². The van der Waals surface area contributed by atoms with Crippen LogP contribution in [0.25, 0.3) is 0 Å². The number of carbonyl (C=O) groups excluding carboxylic acids is 1. The highest BCUT2D eigenvalue weighted by molar-refractivity contribution is 6.30. The van der Waals surface area contributed by atoms with Crippen molar-refractivity contribution in [2.24, 2.45) is 0 Å². The number of nitrogens with one attached hydrogen (secondary N) is 1. The molecular formula is C19H19ClN4O. The zero-order valence-corrected chi connectivity index (χ0v) is 14.8. The standard InChI is InChI=1S/C19H19ClN4O/c1-13(2)24-12-16(11-22-24)19(25)23-18(15-4-3-9-21-10-15)14-5-7-17(20)8-6-14/h3-13,18H,1-2H3,(H,23,25). The number of amides is 1. The number of nitrogens with zero attached hydrogens (tertiary/aromatic N) is 3. The maximum atomic E-state index is 12.7. The molecule has 0 aliphatic heterocycles. The summed E-state index contributed by atoms with van der Waals surface area (Å²) in [7, 11) is 0. The summed E-state index contributed by atoms with van der Waals surface area (Å²) < 4.78 is 1.76. The van der Waals surface area contributed by atoms with E-state index in [-0.39, 0.29) is 18.0 Å². The third-order valence-electron chi connectivity index (χ3n) is 3.89. The Bertz CT molecular complexity index is 843. The van der Waals surface area contributed by atoms with Gasteiger partial charge in [-0.3, -0.25) is 14.5 Å². The lowest BCUT2D eigenvalue weighted by atomic mass is 10.00. The first-order valence-corrected chi connectivity index (χ1v) is 8.43. The highest BCUT2D eigenvalue weighted by atomic mass is 35.5. The first kappa shape index (κ1) is 17.2. The van der Waals surface area contributed by atoms with Crippen molar-refractivity contribution in [3.8, 4) is 0 Å². The lowest BCUT2D eigenvalue weighted by Crippen LogP contribution is -2.29. The molecule has 1 N–H and O–H groups in total. The van der Waals surface area contributed by atoms with Gasteiger partial charge in [-0.25, -0.2) is 0 Å². The molecule has 6 heteroatoms. The van der Waals surface area contributed by atoms with Crippen molar-refractivity contribution in [1.29, 1.82) is 0 Å². The average Bonchev–Trinajstić information content (AvgIpc) is 3.12. The van der Waals surface area contributed by atoms with Crippen LogP contribution in [-0.4, -0.2) is 20.7 Å². The number of hydrogen-bond acceptors (Lipinski definition) is 3. The molecule has 3 aromatic rings. The molecule has 0 spiro atoms. The van der Waals surface area contributed by atoms with Crippen molar-refractivity contribution in [1.82, 2.24) is 20.1 Å². The monoisotopic (exact) mass is 354 g/mol. The van der Waals surface area contributed by atoms with Crippen LogP contribution < -0.4 is 5.32 Å². The molecule has 0 saturated heterocycles. The van der Waals surface area contributed by atoms with Gasteiger partial charge in [-0.15, -0.1) is 0 Å². The second-order valence-electron chi connectivity index (χ2n) is 6.05. The molecule has 3 rings (SSSR count). The van der Waals surface area contributed by atoms with E-state index in [1.165, 1.54) is 0 Å². The van der Waals surface area contributed by atoms with Crippen LogP contribution in [0.3, 0.4) is 0 Å². The molecule has 1 unspecified atom stereocenters. The topological polar surface area (TPSA) is 59.8 Å². The number of benzene rings is 1. The normalized spacial score (nSPS) is 12.2. The minimum absolute atomic E-state index is 0.185. The van der Waals surface area contributed by atoms with E-state index in [0.29, 0.717) is 10.6 Å². The highest BCUT2D eigenvalue weighted by Gasteiger charge is 2.19. The molecule has 5 nitrogen and oxygen atoms in total. The summed E-state index contributed by atoms with van der Waals surface area (Å²) in [5, 5.41) is 7.94. The molecule has 1 aromatic carbocycles. The van der Waals surface area contributed by atoms with Crippen molar-refractivity contribution in [3.63, 3.8) is 0 Å². The Hall–Kier alpha value is -2.66. The fourth-order valence-electron chi connectivity index (χ4n) is 2.51. The Morgan fingerprint density at radius 2 is 1.88 bits per heavy atom. The molecule has 1 amide bonds. The molecular weight excluding hydrogens is 336 g/mol. The highest BCUT2D eigenvalue weighted by Crippen LogP contribution is 2.23. The molecule has 0 aliphatic rings. The van der Waals surface area contributed by atoms with E-state index < -0.39 is 0 Å². The minimum atomic E-state index is -0.319. The summed E-state index contributed by atoms with van der Waals surface area (Å²) in [6.45, 7) is 4.03. The zero-order chi connectivity index (χ0) is 17.8. The Kier molecular flexibility index (Phi) is 5.14. The van der Waals surface area contributed by atoms with Gasteiger partial charge in [-0.05, 0) is 43.2 Å². The second-order valence-corrected chi connectivity index (χ2v) is 6.48. The maximum absolute atomic E-state index is 12.7. The number of aromatic nitrogens is 3. The van der Waals surface area contributed by atoms with Gasteiger partial charge in [0, 0.05) is 29.7 Å². The average molecular weight is 355 g/mol. The lowest BCUT2D eigenvalue weighted by molar-refractivity contribution is 0.0943. The van der Waals surface area contributed by atoms with Gasteiger partial charge in [0.15, 0.2) is 0 Å². The van der Waals surface area contributed by atoms with Crippen molar-refractivity contribution in [2.45, 2.75) is 25.9 Å². The van der Waals surface area contributed by atoms with Crippen molar-refractivity contribution in [3.05, 3.63) is 82.9 Å². The van der Waals surface area contributed by atoms with Crippen LogP contribution in [0.2, 0.25) is 5.02 Å². The van der Waals surface area contributed by atoms with E-state index in [4.69, 9.17) is 11.6 Å².